The molecule has 1 heterocycles. The average molecular weight is 291 g/mol. The Kier molecular flexibility index (Phi) is 5.32. The first-order chi connectivity index (χ1) is 10.2. The maximum atomic E-state index is 13.4. The highest BCUT2D eigenvalue weighted by molar-refractivity contribution is 5.96. The summed E-state index contributed by atoms with van der Waals surface area (Å²) in [4.78, 5) is 14.2. The fourth-order valence-electron chi connectivity index (χ4n) is 2.43. The third-order valence-corrected chi connectivity index (χ3v) is 3.67. The molecule has 1 aliphatic rings. The highest BCUT2D eigenvalue weighted by Crippen LogP contribution is 2.20. The fourth-order valence-corrected chi connectivity index (χ4v) is 2.43. The largest absolute Gasteiger partial charge is 0.396 e. The molecule has 4 nitrogen and oxygen atoms in total. The van der Waals surface area contributed by atoms with Crippen LogP contribution in [0.15, 0.2) is 18.2 Å². The Labute approximate surface area is 123 Å². The molecule has 1 aromatic rings. The lowest BCUT2D eigenvalue weighted by molar-refractivity contribution is 0.0650. The predicted molar refractivity (Wildman–Crippen MR) is 76.1 cm³/mol. The quantitative estimate of drug-likeness (QED) is 0.800. The van der Waals surface area contributed by atoms with Gasteiger partial charge in [-0.2, -0.15) is 0 Å². The Morgan fingerprint density at radius 3 is 2.67 bits per heavy atom. The number of rotatable bonds is 2. The van der Waals surface area contributed by atoms with Gasteiger partial charge in [0, 0.05) is 25.3 Å². The number of hydrogen-bond acceptors (Lipinski definition) is 3. The maximum Gasteiger partial charge on any atom is 0.255 e. The van der Waals surface area contributed by atoms with E-state index in [1.165, 1.54) is 18.2 Å². The molecule has 0 atom stereocenters. The zero-order chi connectivity index (χ0) is 15.2. The molecular weight excluding hydrogens is 273 g/mol. The summed E-state index contributed by atoms with van der Waals surface area (Å²) < 4.78 is 13.4. The van der Waals surface area contributed by atoms with Gasteiger partial charge in [0.2, 0.25) is 0 Å². The number of aliphatic hydroxyl groups excluding tert-OH is 2. The molecule has 0 aromatic heterocycles. The Morgan fingerprint density at radius 1 is 1.33 bits per heavy atom. The molecule has 2 rings (SSSR count). The SMILES string of the molecule is O=C(c1cc(F)ccc1C#CCO)N1CCC(CO)CC1. The number of aliphatic hydroxyl groups is 2. The van der Waals surface area contributed by atoms with Crippen LogP contribution >= 0.6 is 0 Å². The first kappa shape index (κ1) is 15.5. The van der Waals surface area contributed by atoms with E-state index in [9.17, 15) is 9.18 Å². The van der Waals surface area contributed by atoms with Crippen LogP contribution in [0.2, 0.25) is 0 Å². The van der Waals surface area contributed by atoms with Crippen LogP contribution in [-0.4, -0.2) is 47.3 Å². The molecule has 112 valence electrons. The van der Waals surface area contributed by atoms with E-state index in [0.29, 0.717) is 18.7 Å². The normalized spacial score (nSPS) is 15.5. The minimum atomic E-state index is -0.488. The number of nitrogens with zero attached hydrogens (tertiary/aromatic N) is 1. The van der Waals surface area contributed by atoms with Crippen molar-refractivity contribution in [3.8, 4) is 11.8 Å². The minimum Gasteiger partial charge on any atom is -0.396 e. The lowest BCUT2D eigenvalue weighted by Crippen LogP contribution is -2.39. The Bertz CT molecular complexity index is 569. The van der Waals surface area contributed by atoms with Gasteiger partial charge in [0.15, 0.2) is 0 Å². The van der Waals surface area contributed by atoms with Crippen molar-refractivity contribution < 1.29 is 19.4 Å². The summed E-state index contributed by atoms with van der Waals surface area (Å²) in [6.45, 7) is 0.920. The molecule has 1 aliphatic heterocycles. The summed E-state index contributed by atoms with van der Waals surface area (Å²) in [7, 11) is 0. The van der Waals surface area contributed by atoms with Gasteiger partial charge >= 0.3 is 0 Å². The van der Waals surface area contributed by atoms with Gasteiger partial charge < -0.3 is 15.1 Å². The van der Waals surface area contributed by atoms with E-state index >= 15 is 0 Å². The molecule has 0 unspecified atom stereocenters. The second kappa shape index (κ2) is 7.21. The molecule has 1 fully saturated rings. The van der Waals surface area contributed by atoms with Gasteiger partial charge in [-0.15, -0.1) is 0 Å². The predicted octanol–water partition coefficient (Wildman–Crippen LogP) is 1.01. The highest BCUT2D eigenvalue weighted by Gasteiger charge is 2.24. The molecule has 2 N–H and O–H groups in total. The molecule has 0 saturated carbocycles. The van der Waals surface area contributed by atoms with E-state index in [1.54, 1.807) is 4.90 Å². The monoisotopic (exact) mass is 291 g/mol. The van der Waals surface area contributed by atoms with Gasteiger partial charge in [-0.25, -0.2) is 4.39 Å². The van der Waals surface area contributed by atoms with Crippen LogP contribution in [0.5, 0.6) is 0 Å². The first-order valence-corrected chi connectivity index (χ1v) is 6.95. The molecule has 21 heavy (non-hydrogen) atoms. The summed E-state index contributed by atoms with van der Waals surface area (Å²) in [5, 5.41) is 17.9. The van der Waals surface area contributed by atoms with Crippen molar-refractivity contribution in [2.75, 3.05) is 26.3 Å². The lowest BCUT2D eigenvalue weighted by Gasteiger charge is -2.31. The summed E-state index contributed by atoms with van der Waals surface area (Å²) >= 11 is 0. The van der Waals surface area contributed by atoms with Gasteiger partial charge in [0.05, 0.1) is 5.56 Å². The third-order valence-electron chi connectivity index (χ3n) is 3.67. The second-order valence-corrected chi connectivity index (χ2v) is 5.07. The van der Waals surface area contributed by atoms with Gasteiger partial charge in [0.1, 0.15) is 12.4 Å². The molecule has 0 radical (unpaired) electrons. The zero-order valence-corrected chi connectivity index (χ0v) is 11.7. The van der Waals surface area contributed by atoms with Crippen molar-refractivity contribution in [2.24, 2.45) is 5.92 Å². The number of amides is 1. The Hall–Kier alpha value is -1.90. The summed E-state index contributed by atoms with van der Waals surface area (Å²) in [5.41, 5.74) is 0.637. The van der Waals surface area contributed by atoms with Gasteiger partial charge in [-0.3, -0.25) is 4.79 Å². The van der Waals surface area contributed by atoms with Crippen LogP contribution < -0.4 is 0 Å². The van der Waals surface area contributed by atoms with E-state index < -0.39 is 5.82 Å². The molecule has 0 spiro atoms. The standard InChI is InChI=1S/C16H18FNO3/c17-14-4-3-13(2-1-9-19)15(10-14)16(21)18-7-5-12(11-20)6-8-18/h3-4,10,12,19-20H,5-9,11H2. The highest BCUT2D eigenvalue weighted by atomic mass is 19.1. The average Bonchev–Trinajstić information content (AvgIpc) is 2.53. The minimum absolute atomic E-state index is 0.134. The van der Waals surface area contributed by atoms with Crippen LogP contribution in [0.3, 0.4) is 0 Å². The molecule has 0 bridgehead atoms. The van der Waals surface area contributed by atoms with E-state index in [0.717, 1.165) is 12.8 Å². The van der Waals surface area contributed by atoms with Gasteiger partial charge in [0.25, 0.3) is 5.91 Å². The Morgan fingerprint density at radius 2 is 2.05 bits per heavy atom. The fraction of sp³-hybridized carbons (Fsp3) is 0.438. The van der Waals surface area contributed by atoms with Crippen LogP contribution in [0.25, 0.3) is 0 Å². The maximum absolute atomic E-state index is 13.4. The summed E-state index contributed by atoms with van der Waals surface area (Å²) in [6.07, 6.45) is 1.49. The summed E-state index contributed by atoms with van der Waals surface area (Å²) in [6, 6.07) is 3.88. The molecule has 1 amide bonds. The van der Waals surface area contributed by atoms with E-state index in [-0.39, 0.29) is 30.6 Å². The van der Waals surface area contributed by atoms with Crippen molar-refractivity contribution in [3.05, 3.63) is 35.1 Å². The number of carbonyl (C=O) groups is 1. The van der Waals surface area contributed by atoms with Gasteiger partial charge in [-0.05, 0) is 37.0 Å². The molecule has 1 saturated heterocycles. The van der Waals surface area contributed by atoms with Crippen molar-refractivity contribution in [1.82, 2.24) is 4.90 Å². The van der Waals surface area contributed by atoms with Crippen molar-refractivity contribution in [1.29, 1.82) is 0 Å². The first-order valence-electron chi connectivity index (χ1n) is 6.95. The number of piperidine rings is 1. The molecule has 0 aliphatic carbocycles. The number of carbonyl (C=O) groups excluding carboxylic acids is 1. The second-order valence-electron chi connectivity index (χ2n) is 5.07. The summed E-state index contributed by atoms with van der Waals surface area (Å²) in [5.74, 6) is 4.64. The van der Waals surface area contributed by atoms with E-state index in [1.807, 2.05) is 0 Å². The van der Waals surface area contributed by atoms with Crippen LogP contribution in [0.1, 0.15) is 28.8 Å². The number of likely N-dealkylation sites (tertiary alicyclic amines) is 1. The number of benzene rings is 1. The number of hydrogen-bond donors (Lipinski definition) is 2. The number of halogens is 1. The molecule has 1 aromatic carbocycles. The van der Waals surface area contributed by atoms with Gasteiger partial charge in [-0.1, -0.05) is 11.8 Å². The van der Waals surface area contributed by atoms with E-state index in [4.69, 9.17) is 10.2 Å². The molecule has 5 heteroatoms. The van der Waals surface area contributed by atoms with Crippen molar-refractivity contribution >= 4 is 5.91 Å². The lowest BCUT2D eigenvalue weighted by atomic mass is 9.96. The zero-order valence-electron chi connectivity index (χ0n) is 11.7. The van der Waals surface area contributed by atoms with E-state index in [2.05, 4.69) is 11.8 Å². The van der Waals surface area contributed by atoms with Crippen LogP contribution in [0, 0.1) is 23.6 Å². The third kappa shape index (κ3) is 3.81. The molecular formula is C16H18FNO3. The van der Waals surface area contributed by atoms with Crippen LogP contribution in [0.4, 0.5) is 4.39 Å². The topological polar surface area (TPSA) is 60.8 Å². The smallest absolute Gasteiger partial charge is 0.255 e. The van der Waals surface area contributed by atoms with Crippen molar-refractivity contribution in [2.45, 2.75) is 12.8 Å². The Balaban J connectivity index is 2.20. The van der Waals surface area contributed by atoms with Crippen molar-refractivity contribution in [3.63, 3.8) is 0 Å². The van der Waals surface area contributed by atoms with Crippen LogP contribution in [-0.2, 0) is 0 Å².